The third-order valence-corrected chi connectivity index (χ3v) is 3.38. The highest BCUT2D eigenvalue weighted by Gasteiger charge is 2.43. The zero-order valence-corrected chi connectivity index (χ0v) is 9.46. The second kappa shape index (κ2) is 4.87. The number of thioether (sulfide) groups is 1. The van der Waals surface area contributed by atoms with Crippen molar-refractivity contribution in [2.45, 2.75) is 16.3 Å². The van der Waals surface area contributed by atoms with Gasteiger partial charge in [0.05, 0.1) is 6.26 Å². The summed E-state index contributed by atoms with van der Waals surface area (Å²) in [6.45, 7) is 0. The summed E-state index contributed by atoms with van der Waals surface area (Å²) in [5.74, 6) is -0.0775. The van der Waals surface area contributed by atoms with Crippen molar-refractivity contribution in [1.29, 1.82) is 0 Å². The highest BCUT2D eigenvalue weighted by atomic mass is 32.2. The molecule has 1 aromatic heterocycles. The Balaban J connectivity index is 2.24. The molecule has 0 aliphatic carbocycles. The first kappa shape index (κ1) is 12.1. The number of halogens is 3. The van der Waals surface area contributed by atoms with Crippen LogP contribution in [0.4, 0.5) is 13.2 Å². The Morgan fingerprint density at radius 2 is 1.71 bits per heavy atom. The maximum Gasteiger partial charge on any atom is 0.407 e. The van der Waals surface area contributed by atoms with Gasteiger partial charge in [0.15, 0.2) is 5.25 Å². The Bertz CT molecular complexity index is 450. The molecule has 0 aliphatic heterocycles. The molecule has 2 rings (SSSR count). The predicted octanol–water partition coefficient (Wildman–Crippen LogP) is 4.68. The summed E-state index contributed by atoms with van der Waals surface area (Å²) >= 11 is 0.735. The summed E-state index contributed by atoms with van der Waals surface area (Å²) in [5.41, 5.74) is 0. The maximum absolute atomic E-state index is 12.9. The van der Waals surface area contributed by atoms with E-state index in [9.17, 15) is 13.2 Å². The number of hydrogen-bond donors (Lipinski definition) is 0. The van der Waals surface area contributed by atoms with Crippen molar-refractivity contribution in [2.24, 2.45) is 0 Å². The van der Waals surface area contributed by atoms with Crippen molar-refractivity contribution in [2.75, 3.05) is 0 Å². The van der Waals surface area contributed by atoms with E-state index in [1.165, 1.54) is 18.4 Å². The number of rotatable bonds is 3. The Hall–Kier alpha value is -1.36. The van der Waals surface area contributed by atoms with Crippen molar-refractivity contribution in [3.05, 3.63) is 54.5 Å². The number of benzene rings is 1. The first-order valence-electron chi connectivity index (χ1n) is 4.89. The van der Waals surface area contributed by atoms with Gasteiger partial charge in [-0.2, -0.15) is 13.2 Å². The van der Waals surface area contributed by atoms with Crippen LogP contribution in [0.15, 0.2) is 58.0 Å². The van der Waals surface area contributed by atoms with E-state index in [1.807, 2.05) is 0 Å². The molecule has 0 radical (unpaired) electrons. The molecule has 0 amide bonds. The van der Waals surface area contributed by atoms with Crippen LogP contribution in [-0.4, -0.2) is 6.18 Å². The molecule has 1 unspecified atom stereocenters. The van der Waals surface area contributed by atoms with E-state index in [-0.39, 0.29) is 5.76 Å². The van der Waals surface area contributed by atoms with Crippen molar-refractivity contribution >= 4 is 11.8 Å². The molecule has 1 atom stereocenters. The fraction of sp³-hybridized carbons (Fsp3) is 0.167. The first-order valence-corrected chi connectivity index (χ1v) is 5.77. The largest absolute Gasteiger partial charge is 0.468 e. The predicted molar refractivity (Wildman–Crippen MR) is 59.8 cm³/mol. The Morgan fingerprint density at radius 1 is 1.00 bits per heavy atom. The van der Waals surface area contributed by atoms with Crippen molar-refractivity contribution in [3.8, 4) is 0 Å². The normalized spacial score (nSPS) is 13.6. The zero-order valence-electron chi connectivity index (χ0n) is 8.65. The van der Waals surface area contributed by atoms with Crippen LogP contribution < -0.4 is 0 Å². The Kier molecular flexibility index (Phi) is 3.47. The van der Waals surface area contributed by atoms with Gasteiger partial charge in [-0.1, -0.05) is 18.2 Å². The van der Waals surface area contributed by atoms with E-state index in [4.69, 9.17) is 4.42 Å². The number of alkyl halides is 3. The smallest absolute Gasteiger partial charge is 0.407 e. The van der Waals surface area contributed by atoms with E-state index >= 15 is 0 Å². The third kappa shape index (κ3) is 3.06. The monoisotopic (exact) mass is 258 g/mol. The number of furan rings is 1. The van der Waals surface area contributed by atoms with E-state index in [2.05, 4.69) is 0 Å². The second-order valence-electron chi connectivity index (χ2n) is 3.37. The van der Waals surface area contributed by atoms with Crippen LogP contribution in [0, 0.1) is 0 Å². The minimum atomic E-state index is -4.33. The Labute approximate surface area is 101 Å². The van der Waals surface area contributed by atoms with Gasteiger partial charge >= 0.3 is 6.18 Å². The molecule has 0 spiro atoms. The lowest BCUT2D eigenvalue weighted by Gasteiger charge is -2.17. The fourth-order valence-electron chi connectivity index (χ4n) is 1.36. The minimum Gasteiger partial charge on any atom is -0.468 e. The molecule has 2 aromatic rings. The lowest BCUT2D eigenvalue weighted by Crippen LogP contribution is -2.17. The van der Waals surface area contributed by atoms with Crippen LogP contribution >= 0.6 is 11.8 Å². The third-order valence-electron chi connectivity index (χ3n) is 2.10. The lowest BCUT2D eigenvalue weighted by atomic mass is 10.3. The van der Waals surface area contributed by atoms with Gasteiger partial charge in [0.25, 0.3) is 0 Å². The minimum absolute atomic E-state index is 0.0775. The van der Waals surface area contributed by atoms with Crippen LogP contribution in [0.3, 0.4) is 0 Å². The molecular weight excluding hydrogens is 249 g/mol. The summed E-state index contributed by atoms with van der Waals surface area (Å²) in [6.07, 6.45) is -3.09. The highest BCUT2D eigenvalue weighted by Crippen LogP contribution is 2.46. The standard InChI is InChI=1S/C12H9F3OS/c13-12(14,15)11(10-7-4-8-16-10)17-9-5-2-1-3-6-9/h1-8,11H. The van der Waals surface area contributed by atoms with Crippen LogP contribution in [0.25, 0.3) is 0 Å². The summed E-state index contributed by atoms with van der Waals surface area (Å²) in [4.78, 5) is 0.561. The molecule has 0 fully saturated rings. The van der Waals surface area contributed by atoms with E-state index in [0.29, 0.717) is 4.90 Å². The average molecular weight is 258 g/mol. The molecule has 0 saturated carbocycles. The average Bonchev–Trinajstić information content (AvgIpc) is 2.79. The molecule has 0 aliphatic rings. The van der Waals surface area contributed by atoms with Gasteiger partial charge in [-0.25, -0.2) is 0 Å². The van der Waals surface area contributed by atoms with E-state index < -0.39 is 11.4 Å². The molecule has 17 heavy (non-hydrogen) atoms. The molecule has 0 N–H and O–H groups in total. The van der Waals surface area contributed by atoms with Crippen LogP contribution in [0.2, 0.25) is 0 Å². The van der Waals surface area contributed by atoms with Crippen molar-refractivity contribution in [3.63, 3.8) is 0 Å². The molecule has 1 nitrogen and oxygen atoms in total. The molecule has 0 bridgehead atoms. The summed E-state index contributed by atoms with van der Waals surface area (Å²) in [6, 6.07) is 11.3. The van der Waals surface area contributed by atoms with Gasteiger partial charge in [0, 0.05) is 4.90 Å². The highest BCUT2D eigenvalue weighted by molar-refractivity contribution is 7.99. The van der Waals surface area contributed by atoms with Gasteiger partial charge in [-0.3, -0.25) is 0 Å². The van der Waals surface area contributed by atoms with Crippen LogP contribution in [0.5, 0.6) is 0 Å². The molecule has 1 heterocycles. The zero-order chi connectivity index (χ0) is 12.3. The summed E-state index contributed by atoms with van der Waals surface area (Å²) < 4.78 is 43.5. The molecule has 1 aromatic carbocycles. The molecular formula is C12H9F3OS. The maximum atomic E-state index is 12.9. The van der Waals surface area contributed by atoms with Gasteiger partial charge < -0.3 is 4.42 Å². The van der Waals surface area contributed by atoms with E-state index in [1.54, 1.807) is 30.3 Å². The molecule has 5 heteroatoms. The Morgan fingerprint density at radius 3 is 2.24 bits per heavy atom. The summed E-state index contributed by atoms with van der Waals surface area (Å²) in [5, 5.41) is -1.67. The summed E-state index contributed by atoms with van der Waals surface area (Å²) in [7, 11) is 0. The van der Waals surface area contributed by atoms with Gasteiger partial charge in [0.1, 0.15) is 5.76 Å². The number of hydrogen-bond acceptors (Lipinski definition) is 2. The van der Waals surface area contributed by atoms with Crippen molar-refractivity contribution < 1.29 is 17.6 Å². The molecule has 90 valence electrons. The second-order valence-corrected chi connectivity index (χ2v) is 4.55. The topological polar surface area (TPSA) is 13.1 Å². The van der Waals surface area contributed by atoms with E-state index in [0.717, 1.165) is 11.8 Å². The quantitative estimate of drug-likeness (QED) is 0.742. The molecule has 0 saturated heterocycles. The van der Waals surface area contributed by atoms with Crippen LogP contribution in [-0.2, 0) is 0 Å². The lowest BCUT2D eigenvalue weighted by molar-refractivity contribution is -0.132. The SMILES string of the molecule is FC(F)(F)C(Sc1ccccc1)c1ccco1. The van der Waals surface area contributed by atoms with Crippen LogP contribution in [0.1, 0.15) is 11.0 Å². The van der Waals surface area contributed by atoms with Crippen molar-refractivity contribution in [1.82, 2.24) is 0 Å². The van der Waals surface area contributed by atoms with Gasteiger partial charge in [-0.15, -0.1) is 11.8 Å². The fourth-order valence-corrected chi connectivity index (χ4v) is 2.33. The van der Waals surface area contributed by atoms with Gasteiger partial charge in [-0.05, 0) is 24.3 Å². The first-order chi connectivity index (χ1) is 8.07. The van der Waals surface area contributed by atoms with Gasteiger partial charge in [0.2, 0.25) is 0 Å².